The van der Waals surface area contributed by atoms with E-state index >= 15 is 0 Å². The number of alkyl halides is 3. The molecule has 0 N–H and O–H groups in total. The lowest BCUT2D eigenvalue weighted by Gasteiger charge is -2.01. The average Bonchev–Trinajstić information content (AvgIpc) is 2.07. The normalized spacial score (nSPS) is 13.1. The topological polar surface area (TPSA) is 38.1 Å². The maximum absolute atomic E-state index is 11.9. The van der Waals surface area contributed by atoms with Crippen molar-refractivity contribution < 1.29 is 13.2 Å². The Morgan fingerprint density at radius 2 is 1.79 bits per heavy atom. The van der Waals surface area contributed by atoms with Crippen LogP contribution in [0.25, 0.3) is 0 Å². The summed E-state index contributed by atoms with van der Waals surface area (Å²) in [5, 5.41) is -1.33. The zero-order valence-electron chi connectivity index (χ0n) is 6.39. The van der Waals surface area contributed by atoms with Crippen molar-refractivity contribution in [2.45, 2.75) is 6.18 Å². The third-order valence-electron chi connectivity index (χ3n) is 1.04. The lowest BCUT2D eigenvalue weighted by atomic mass is 10.6. The van der Waals surface area contributed by atoms with E-state index in [0.29, 0.717) is 0 Å². The highest BCUT2D eigenvalue weighted by atomic mass is 35.5. The Morgan fingerprint density at radius 3 is 2.21 bits per heavy atom. The van der Waals surface area contributed by atoms with Gasteiger partial charge >= 0.3 is 6.18 Å². The Hall–Kier alpha value is -0.880. The van der Waals surface area contributed by atoms with Crippen molar-refractivity contribution >= 4 is 34.3 Å². The summed E-state index contributed by atoms with van der Waals surface area (Å²) in [5.41, 5.74) is 0. The van der Waals surface area contributed by atoms with E-state index in [1.165, 1.54) is 0 Å². The number of aromatic nitrogens is 2. The molecule has 0 saturated heterocycles. The Kier molecular flexibility index (Phi) is 3.28. The van der Waals surface area contributed by atoms with Crippen LogP contribution in [0.5, 0.6) is 0 Å². The van der Waals surface area contributed by atoms with Crippen LogP contribution in [0.2, 0.25) is 5.02 Å². The van der Waals surface area contributed by atoms with Gasteiger partial charge < -0.3 is 0 Å². The van der Waals surface area contributed by atoms with Crippen LogP contribution in [0.1, 0.15) is 0 Å². The average molecular weight is 244 g/mol. The van der Waals surface area contributed by atoms with Gasteiger partial charge in [0.1, 0.15) is 0 Å². The zero-order valence-corrected chi connectivity index (χ0v) is 7.90. The molecule has 0 bridgehead atoms. The second-order valence-electron chi connectivity index (χ2n) is 2.10. The minimum Gasteiger partial charge on any atom is -0.218 e. The van der Waals surface area contributed by atoms with Crippen LogP contribution in [0.3, 0.4) is 0 Å². The van der Waals surface area contributed by atoms with Gasteiger partial charge in [-0.25, -0.2) is 9.97 Å². The molecule has 0 spiro atoms. The summed E-state index contributed by atoms with van der Waals surface area (Å²) in [6.07, 6.45) is -2.45. The van der Waals surface area contributed by atoms with Gasteiger partial charge in [0.2, 0.25) is 5.17 Å². The fourth-order valence-electron chi connectivity index (χ4n) is 0.514. The van der Waals surface area contributed by atoms with Crippen molar-refractivity contribution in [3.63, 3.8) is 0 Å². The molecule has 0 amide bonds. The van der Waals surface area contributed by atoms with E-state index in [1.54, 1.807) is 0 Å². The lowest BCUT2D eigenvalue weighted by molar-refractivity contribution is -0.0558. The molecule has 0 unspecified atom stereocenters. The summed E-state index contributed by atoms with van der Waals surface area (Å²) in [6.45, 7) is 0. The molecular formula is C6H2Cl2F3N3. The van der Waals surface area contributed by atoms with Gasteiger partial charge in [-0.2, -0.15) is 18.2 Å². The molecule has 0 atom stereocenters. The van der Waals surface area contributed by atoms with Crippen molar-refractivity contribution in [1.29, 1.82) is 0 Å². The van der Waals surface area contributed by atoms with Crippen molar-refractivity contribution in [2.75, 3.05) is 0 Å². The van der Waals surface area contributed by atoms with Crippen molar-refractivity contribution in [2.24, 2.45) is 4.99 Å². The van der Waals surface area contributed by atoms with Gasteiger partial charge in [0.25, 0.3) is 5.95 Å². The minimum atomic E-state index is -4.69. The van der Waals surface area contributed by atoms with E-state index in [9.17, 15) is 13.2 Å². The highest BCUT2D eigenvalue weighted by Crippen LogP contribution is 2.22. The van der Waals surface area contributed by atoms with Crippen LogP contribution in [0.4, 0.5) is 19.1 Å². The van der Waals surface area contributed by atoms with Crippen LogP contribution in [0, 0.1) is 0 Å². The first-order valence-corrected chi connectivity index (χ1v) is 3.94. The maximum atomic E-state index is 11.9. The summed E-state index contributed by atoms with van der Waals surface area (Å²) >= 11 is 10.3. The van der Waals surface area contributed by atoms with Gasteiger partial charge in [0.05, 0.1) is 17.4 Å². The standard InChI is InChI=1S/C6H2Cl2F3N3/c7-3-1-12-5(13-2-3)14-4(8)6(9,10)11/h1-2H. The van der Waals surface area contributed by atoms with E-state index in [0.717, 1.165) is 12.4 Å². The molecule has 1 aromatic rings. The van der Waals surface area contributed by atoms with Crippen LogP contribution in [-0.2, 0) is 0 Å². The van der Waals surface area contributed by atoms with E-state index in [4.69, 9.17) is 23.2 Å². The predicted molar refractivity (Wildman–Crippen MR) is 46.0 cm³/mol. The number of rotatable bonds is 1. The maximum Gasteiger partial charge on any atom is 0.444 e. The van der Waals surface area contributed by atoms with Gasteiger partial charge in [-0.05, 0) is 0 Å². The molecule has 0 aromatic carbocycles. The monoisotopic (exact) mass is 243 g/mol. The fraction of sp³-hybridized carbons (Fsp3) is 0.167. The Labute approximate surface area is 86.6 Å². The highest BCUT2D eigenvalue weighted by molar-refractivity contribution is 6.67. The molecule has 76 valence electrons. The number of hydrogen-bond acceptors (Lipinski definition) is 3. The molecule has 0 aliphatic heterocycles. The molecule has 1 aromatic heterocycles. The molecule has 1 heterocycles. The first kappa shape index (κ1) is 11.2. The summed E-state index contributed by atoms with van der Waals surface area (Å²) < 4.78 is 35.6. The molecule has 0 aliphatic carbocycles. The van der Waals surface area contributed by atoms with E-state index in [1.807, 2.05) is 0 Å². The van der Waals surface area contributed by atoms with E-state index in [-0.39, 0.29) is 5.02 Å². The molecule has 8 heteroatoms. The Morgan fingerprint density at radius 1 is 1.29 bits per heavy atom. The predicted octanol–water partition coefficient (Wildman–Crippen LogP) is 2.96. The van der Waals surface area contributed by atoms with Crippen LogP contribution in [-0.4, -0.2) is 21.3 Å². The molecule has 0 saturated carbocycles. The highest BCUT2D eigenvalue weighted by Gasteiger charge is 2.34. The third kappa shape index (κ3) is 3.12. The van der Waals surface area contributed by atoms with Crippen molar-refractivity contribution in [3.8, 4) is 0 Å². The SMILES string of the molecule is FC(F)(F)C(Cl)=Nc1ncc(Cl)cn1. The lowest BCUT2D eigenvalue weighted by Crippen LogP contribution is -2.16. The fourth-order valence-corrected chi connectivity index (χ4v) is 0.688. The number of aliphatic imine (C=N–C) groups is 1. The Bertz CT molecular complexity index is 346. The third-order valence-corrected chi connectivity index (χ3v) is 1.53. The van der Waals surface area contributed by atoms with Gasteiger partial charge in [0, 0.05) is 0 Å². The van der Waals surface area contributed by atoms with Gasteiger partial charge in [-0.1, -0.05) is 23.2 Å². The van der Waals surface area contributed by atoms with E-state index in [2.05, 4.69) is 15.0 Å². The zero-order chi connectivity index (χ0) is 10.8. The van der Waals surface area contributed by atoms with Crippen LogP contribution >= 0.6 is 23.2 Å². The second-order valence-corrected chi connectivity index (χ2v) is 2.90. The van der Waals surface area contributed by atoms with Crippen LogP contribution < -0.4 is 0 Å². The first-order valence-electron chi connectivity index (χ1n) is 3.18. The van der Waals surface area contributed by atoms with Crippen LogP contribution in [0.15, 0.2) is 17.4 Å². The molecule has 1 rings (SSSR count). The van der Waals surface area contributed by atoms with Crippen molar-refractivity contribution in [3.05, 3.63) is 17.4 Å². The van der Waals surface area contributed by atoms with Gasteiger partial charge in [-0.15, -0.1) is 0 Å². The van der Waals surface area contributed by atoms with Crippen molar-refractivity contribution in [1.82, 2.24) is 9.97 Å². The summed E-state index contributed by atoms with van der Waals surface area (Å²) in [4.78, 5) is 9.78. The largest absolute Gasteiger partial charge is 0.444 e. The molecule has 0 fully saturated rings. The minimum absolute atomic E-state index is 0.201. The summed E-state index contributed by atoms with van der Waals surface area (Å²) in [6, 6.07) is 0. The summed E-state index contributed by atoms with van der Waals surface area (Å²) in [7, 11) is 0. The van der Waals surface area contributed by atoms with E-state index < -0.39 is 17.3 Å². The number of hydrogen-bond donors (Lipinski definition) is 0. The molecule has 0 aliphatic rings. The number of halogens is 5. The molecule has 14 heavy (non-hydrogen) atoms. The molecule has 0 radical (unpaired) electrons. The Balaban J connectivity index is 2.93. The molecular weight excluding hydrogens is 242 g/mol. The van der Waals surface area contributed by atoms with Gasteiger partial charge in [0.15, 0.2) is 0 Å². The quantitative estimate of drug-likeness (QED) is 0.712. The first-order chi connectivity index (χ1) is 6.39. The summed E-state index contributed by atoms with van der Waals surface area (Å²) in [5.74, 6) is -0.392. The smallest absolute Gasteiger partial charge is 0.218 e. The second kappa shape index (κ2) is 4.10. The number of nitrogens with zero attached hydrogens (tertiary/aromatic N) is 3. The molecule has 3 nitrogen and oxygen atoms in total. The van der Waals surface area contributed by atoms with Gasteiger partial charge in [-0.3, -0.25) is 0 Å².